The van der Waals surface area contributed by atoms with Gasteiger partial charge in [0.1, 0.15) is 0 Å². The third-order valence-electron chi connectivity index (χ3n) is 2.68. The molecular weight excluding hydrogens is 273 g/mol. The molecule has 0 aliphatic rings. The summed E-state index contributed by atoms with van der Waals surface area (Å²) in [5.41, 5.74) is 1.04. The first-order valence-corrected chi connectivity index (χ1v) is 6.91. The molecule has 0 amide bonds. The number of nitrogens with one attached hydrogen (secondary N) is 1. The van der Waals surface area contributed by atoms with E-state index in [1.54, 1.807) is 17.4 Å². The second-order valence-electron chi connectivity index (χ2n) is 3.84. The van der Waals surface area contributed by atoms with Gasteiger partial charge in [0, 0.05) is 26.4 Å². The van der Waals surface area contributed by atoms with Crippen molar-refractivity contribution in [2.75, 3.05) is 7.05 Å². The molecule has 0 radical (unpaired) electrons. The number of hydrogen-bond acceptors (Lipinski definition) is 2. The largest absolute Gasteiger partial charge is 0.313 e. The highest BCUT2D eigenvalue weighted by Gasteiger charge is 2.10. The summed E-state index contributed by atoms with van der Waals surface area (Å²) in [7, 11) is 1.96. The molecule has 1 aromatic carbocycles. The van der Waals surface area contributed by atoms with E-state index in [0.29, 0.717) is 16.1 Å². The molecular formula is C13H13Cl2NS. The fourth-order valence-electron chi connectivity index (χ4n) is 1.56. The summed E-state index contributed by atoms with van der Waals surface area (Å²) >= 11 is 13.8. The van der Waals surface area contributed by atoms with Gasteiger partial charge in [-0.1, -0.05) is 29.3 Å². The van der Waals surface area contributed by atoms with E-state index in [4.69, 9.17) is 23.2 Å². The Hall–Kier alpha value is -0.540. The molecule has 0 bridgehead atoms. The van der Waals surface area contributed by atoms with Crippen molar-refractivity contribution < 1.29 is 0 Å². The topological polar surface area (TPSA) is 12.0 Å². The average Bonchev–Trinajstić information content (AvgIpc) is 2.77. The number of benzene rings is 1. The van der Waals surface area contributed by atoms with Crippen LogP contribution in [0.5, 0.6) is 0 Å². The lowest BCUT2D eigenvalue weighted by Gasteiger charge is -2.06. The lowest BCUT2D eigenvalue weighted by Crippen LogP contribution is -2.10. The second-order valence-corrected chi connectivity index (χ2v) is 5.80. The van der Waals surface area contributed by atoms with Crippen LogP contribution in [0.4, 0.5) is 0 Å². The van der Waals surface area contributed by atoms with Gasteiger partial charge < -0.3 is 5.32 Å². The van der Waals surface area contributed by atoms with Gasteiger partial charge in [-0.15, -0.1) is 11.3 Å². The first-order chi connectivity index (χ1) is 8.11. The van der Waals surface area contributed by atoms with E-state index in [-0.39, 0.29) is 0 Å². The summed E-state index contributed by atoms with van der Waals surface area (Å²) < 4.78 is 0. The van der Waals surface area contributed by atoms with Crippen LogP contribution in [0.15, 0.2) is 30.3 Å². The molecule has 1 N–H and O–H groups in total. The predicted molar refractivity (Wildman–Crippen MR) is 77.2 cm³/mol. The highest BCUT2D eigenvalue weighted by atomic mass is 35.5. The Bertz CT molecular complexity index is 522. The van der Waals surface area contributed by atoms with Crippen molar-refractivity contribution in [3.8, 4) is 10.4 Å². The van der Waals surface area contributed by atoms with Crippen molar-refractivity contribution in [2.45, 2.75) is 13.0 Å². The average molecular weight is 286 g/mol. The van der Waals surface area contributed by atoms with Crippen LogP contribution in [0.25, 0.3) is 10.4 Å². The van der Waals surface area contributed by atoms with Crippen LogP contribution in [0.2, 0.25) is 10.0 Å². The highest BCUT2D eigenvalue weighted by molar-refractivity contribution is 7.15. The minimum atomic E-state index is 0.361. The molecule has 0 spiro atoms. The van der Waals surface area contributed by atoms with Gasteiger partial charge in [-0.25, -0.2) is 0 Å². The Morgan fingerprint density at radius 3 is 2.59 bits per heavy atom. The van der Waals surface area contributed by atoms with Crippen LogP contribution in [0.1, 0.15) is 17.8 Å². The summed E-state index contributed by atoms with van der Waals surface area (Å²) in [6.45, 7) is 2.14. The minimum absolute atomic E-state index is 0.361. The third-order valence-corrected chi connectivity index (χ3v) is 4.53. The molecule has 2 aromatic rings. The van der Waals surface area contributed by atoms with Gasteiger partial charge in [0.15, 0.2) is 0 Å². The molecule has 4 heteroatoms. The molecule has 0 aliphatic heterocycles. The number of thiophene rings is 1. The van der Waals surface area contributed by atoms with Crippen LogP contribution in [-0.2, 0) is 0 Å². The van der Waals surface area contributed by atoms with E-state index in [1.807, 2.05) is 19.2 Å². The SMILES string of the molecule is CNC(C)c1ccc(-c2ccc(Cl)cc2Cl)s1. The van der Waals surface area contributed by atoms with E-state index >= 15 is 0 Å². The molecule has 2 rings (SSSR count). The Morgan fingerprint density at radius 2 is 1.94 bits per heavy atom. The lowest BCUT2D eigenvalue weighted by atomic mass is 10.2. The highest BCUT2D eigenvalue weighted by Crippen LogP contribution is 2.36. The van der Waals surface area contributed by atoms with Crippen molar-refractivity contribution in [2.24, 2.45) is 0 Å². The smallest absolute Gasteiger partial charge is 0.0507 e. The molecule has 0 fully saturated rings. The van der Waals surface area contributed by atoms with Crippen molar-refractivity contribution >= 4 is 34.5 Å². The molecule has 1 nitrogen and oxygen atoms in total. The van der Waals surface area contributed by atoms with Crippen molar-refractivity contribution in [1.82, 2.24) is 5.32 Å². The zero-order chi connectivity index (χ0) is 12.4. The maximum Gasteiger partial charge on any atom is 0.0507 e. The Morgan fingerprint density at radius 1 is 1.18 bits per heavy atom. The number of hydrogen-bond donors (Lipinski definition) is 1. The zero-order valence-electron chi connectivity index (χ0n) is 9.63. The second kappa shape index (κ2) is 5.40. The molecule has 0 saturated heterocycles. The molecule has 1 aromatic heterocycles. The molecule has 1 atom stereocenters. The van der Waals surface area contributed by atoms with Crippen molar-refractivity contribution in [3.05, 3.63) is 45.3 Å². The van der Waals surface area contributed by atoms with E-state index in [1.165, 1.54) is 9.75 Å². The van der Waals surface area contributed by atoms with Crippen LogP contribution < -0.4 is 5.32 Å². The summed E-state index contributed by atoms with van der Waals surface area (Å²) in [6, 6.07) is 10.2. The standard InChI is InChI=1S/C13H13Cl2NS/c1-8(16-2)12-5-6-13(17-12)10-4-3-9(14)7-11(10)15/h3-8,16H,1-2H3. The fraction of sp³-hybridized carbons (Fsp3) is 0.231. The van der Waals surface area contributed by atoms with Gasteiger partial charge in [-0.2, -0.15) is 0 Å². The third kappa shape index (κ3) is 2.83. The summed E-state index contributed by atoms with van der Waals surface area (Å²) in [5.74, 6) is 0. The van der Waals surface area contributed by atoms with Gasteiger partial charge in [0.2, 0.25) is 0 Å². The van der Waals surface area contributed by atoms with E-state index < -0.39 is 0 Å². The van der Waals surface area contributed by atoms with Crippen LogP contribution in [0.3, 0.4) is 0 Å². The molecule has 90 valence electrons. The minimum Gasteiger partial charge on any atom is -0.313 e. The van der Waals surface area contributed by atoms with Gasteiger partial charge in [-0.3, -0.25) is 0 Å². The van der Waals surface area contributed by atoms with Gasteiger partial charge in [-0.05, 0) is 38.2 Å². The maximum absolute atomic E-state index is 6.19. The van der Waals surface area contributed by atoms with Gasteiger partial charge in [0.05, 0.1) is 5.02 Å². The van der Waals surface area contributed by atoms with Crippen molar-refractivity contribution in [3.63, 3.8) is 0 Å². The summed E-state index contributed by atoms with van der Waals surface area (Å²) in [4.78, 5) is 2.47. The maximum atomic E-state index is 6.19. The van der Waals surface area contributed by atoms with E-state index in [2.05, 4.69) is 24.4 Å². The molecule has 0 aliphatic carbocycles. The Labute approximate surface area is 115 Å². The number of rotatable bonds is 3. The van der Waals surface area contributed by atoms with Crippen molar-refractivity contribution in [1.29, 1.82) is 0 Å². The molecule has 17 heavy (non-hydrogen) atoms. The Kier molecular flexibility index (Phi) is 4.10. The van der Waals surface area contributed by atoms with Crippen LogP contribution in [-0.4, -0.2) is 7.05 Å². The lowest BCUT2D eigenvalue weighted by molar-refractivity contribution is 0.664. The number of halogens is 2. The summed E-state index contributed by atoms with van der Waals surface area (Å²) in [6.07, 6.45) is 0. The summed E-state index contributed by atoms with van der Waals surface area (Å²) in [5, 5.41) is 4.59. The van der Waals surface area contributed by atoms with Gasteiger partial charge >= 0.3 is 0 Å². The van der Waals surface area contributed by atoms with Crippen LogP contribution >= 0.6 is 34.5 Å². The van der Waals surface area contributed by atoms with Crippen LogP contribution in [0, 0.1) is 0 Å². The quantitative estimate of drug-likeness (QED) is 0.837. The van der Waals surface area contributed by atoms with E-state index in [0.717, 1.165) is 5.56 Å². The molecule has 1 unspecified atom stereocenters. The normalized spacial score (nSPS) is 12.7. The Balaban J connectivity index is 2.37. The van der Waals surface area contributed by atoms with Gasteiger partial charge in [0.25, 0.3) is 0 Å². The first kappa shape index (κ1) is 12.9. The molecule has 1 heterocycles. The fourth-order valence-corrected chi connectivity index (χ4v) is 3.24. The molecule has 0 saturated carbocycles. The zero-order valence-corrected chi connectivity index (χ0v) is 12.0. The van der Waals surface area contributed by atoms with E-state index in [9.17, 15) is 0 Å². The monoisotopic (exact) mass is 285 g/mol. The predicted octanol–water partition coefficient (Wildman–Crippen LogP) is 5.00. The first-order valence-electron chi connectivity index (χ1n) is 5.34.